The first-order valence-corrected chi connectivity index (χ1v) is 24.8. The minimum atomic E-state index is 0.590. The molecule has 0 amide bonds. The Hall–Kier alpha value is -4.40. The zero-order valence-electron chi connectivity index (χ0n) is 38.6. The van der Waals surface area contributed by atoms with E-state index in [1.165, 1.54) is 144 Å². The van der Waals surface area contributed by atoms with Crippen molar-refractivity contribution in [2.75, 3.05) is 13.2 Å². The number of unbranched alkanes of at least 4 members (excludes halogenated alkanes) is 7. The van der Waals surface area contributed by atoms with E-state index in [0.29, 0.717) is 11.8 Å². The van der Waals surface area contributed by atoms with Crippen LogP contribution < -0.4 is 9.47 Å². The fourth-order valence-electron chi connectivity index (χ4n) is 8.80. The number of hydrogen-bond acceptors (Lipinski definition) is 2. The normalized spacial score (nSPS) is 18.4. The highest BCUT2D eigenvalue weighted by atomic mass is 16.5. The fraction of sp³-hybridized carbons (Fsp3) is 0.525. The number of rotatable bonds is 19. The molecule has 6 rings (SSSR count). The predicted octanol–water partition coefficient (Wildman–Crippen LogP) is 16.9. The predicted molar refractivity (Wildman–Crippen MR) is 262 cm³/mol. The van der Waals surface area contributed by atoms with Crippen LogP contribution in [0, 0.1) is 47.4 Å². The van der Waals surface area contributed by atoms with Gasteiger partial charge < -0.3 is 9.47 Å². The van der Waals surface area contributed by atoms with Gasteiger partial charge in [-0.15, -0.1) is 0 Å². The van der Waals surface area contributed by atoms with Gasteiger partial charge >= 0.3 is 0 Å². The van der Waals surface area contributed by atoms with Gasteiger partial charge in [-0.25, -0.2) is 0 Å². The monoisotopic (exact) mass is 819 g/mol. The Bertz CT molecular complexity index is 1870. The molecule has 0 unspecified atom stereocenters. The van der Waals surface area contributed by atoms with E-state index in [-0.39, 0.29) is 0 Å². The molecule has 0 aromatic heterocycles. The molecule has 0 bridgehead atoms. The molecule has 0 N–H and O–H groups in total. The van der Waals surface area contributed by atoms with E-state index in [1.54, 1.807) is 0 Å². The molecular weight excluding hydrogens is 741 g/mol. The minimum Gasteiger partial charge on any atom is -0.494 e. The van der Waals surface area contributed by atoms with E-state index in [1.807, 2.05) is 0 Å². The lowest BCUT2D eigenvalue weighted by Crippen LogP contribution is -2.13. The molecule has 2 aliphatic rings. The molecule has 2 aliphatic carbocycles. The molecule has 4 aromatic carbocycles. The third-order valence-corrected chi connectivity index (χ3v) is 12.9. The molecule has 326 valence electrons. The van der Waals surface area contributed by atoms with Crippen LogP contribution in [0.1, 0.15) is 174 Å². The summed E-state index contributed by atoms with van der Waals surface area (Å²) in [6.07, 6.45) is 27.5. The fourth-order valence-corrected chi connectivity index (χ4v) is 8.80. The second kappa shape index (κ2) is 28.2. The molecule has 2 fully saturated rings. The van der Waals surface area contributed by atoms with Crippen molar-refractivity contribution in [3.8, 4) is 57.4 Å². The van der Waals surface area contributed by atoms with Gasteiger partial charge in [-0.2, -0.15) is 0 Å². The Kier molecular flexibility index (Phi) is 22.1. The summed E-state index contributed by atoms with van der Waals surface area (Å²) < 4.78 is 11.6. The minimum absolute atomic E-state index is 0.590. The third-order valence-electron chi connectivity index (χ3n) is 12.9. The zero-order chi connectivity index (χ0) is 42.7. The van der Waals surface area contributed by atoms with Gasteiger partial charge in [-0.3, -0.25) is 0 Å². The van der Waals surface area contributed by atoms with Gasteiger partial charge in [0.05, 0.1) is 13.2 Å². The van der Waals surface area contributed by atoms with Crippen LogP contribution in [-0.4, -0.2) is 13.2 Å². The van der Waals surface area contributed by atoms with Gasteiger partial charge in [0.15, 0.2) is 0 Å². The van der Waals surface area contributed by atoms with Crippen LogP contribution in [-0.2, 0) is 0 Å². The lowest BCUT2D eigenvalue weighted by molar-refractivity contribution is 0.294. The Balaban J connectivity index is 0.000000231. The van der Waals surface area contributed by atoms with E-state index < -0.39 is 0 Å². The van der Waals surface area contributed by atoms with Crippen molar-refractivity contribution in [1.82, 2.24) is 0 Å². The summed E-state index contributed by atoms with van der Waals surface area (Å²) in [5.74, 6) is 19.0. The van der Waals surface area contributed by atoms with Crippen molar-refractivity contribution in [3.63, 3.8) is 0 Å². The van der Waals surface area contributed by atoms with Gasteiger partial charge in [0, 0.05) is 23.0 Å². The number of ether oxygens (including phenoxy) is 2. The Morgan fingerprint density at radius 3 is 1.07 bits per heavy atom. The maximum absolute atomic E-state index is 5.82. The third kappa shape index (κ3) is 17.8. The molecule has 0 heterocycles. The summed E-state index contributed by atoms with van der Waals surface area (Å²) in [5.41, 5.74) is 7.17. The topological polar surface area (TPSA) is 18.5 Å². The second-order valence-electron chi connectivity index (χ2n) is 17.9. The quantitative estimate of drug-likeness (QED) is 0.0693. The first-order chi connectivity index (χ1) is 30.1. The number of benzene rings is 4. The van der Waals surface area contributed by atoms with E-state index >= 15 is 0 Å². The van der Waals surface area contributed by atoms with Gasteiger partial charge in [-0.05, 0) is 147 Å². The maximum Gasteiger partial charge on any atom is 0.119 e. The first kappa shape index (κ1) is 47.6. The highest BCUT2D eigenvalue weighted by molar-refractivity contribution is 5.66. The zero-order valence-corrected chi connectivity index (χ0v) is 38.6. The van der Waals surface area contributed by atoms with Crippen molar-refractivity contribution < 1.29 is 9.47 Å². The summed E-state index contributed by atoms with van der Waals surface area (Å²) in [5, 5.41) is 0. The van der Waals surface area contributed by atoms with E-state index in [2.05, 4.69) is 148 Å². The van der Waals surface area contributed by atoms with Crippen molar-refractivity contribution in [1.29, 1.82) is 0 Å². The molecule has 2 heteroatoms. The van der Waals surface area contributed by atoms with Crippen molar-refractivity contribution in [3.05, 3.63) is 108 Å². The highest BCUT2D eigenvalue weighted by Crippen LogP contribution is 2.33. The van der Waals surface area contributed by atoms with Gasteiger partial charge in [0.2, 0.25) is 0 Å². The standard InChI is InChI=1S/C30H40O.C29H38O/c1-3-5-7-9-25-10-12-26(13-11-25)14-15-27-16-18-28(19-17-27)29-20-22-30(23-21-29)31-24-8-6-4-2;1-3-5-7-23-30-29-21-19-28(20-22-29)27-17-15-26(16-18-27)14-13-25-11-9-24(10-12-25)8-6-4-2/h16-23,25-26H,3-13,24H2,1-2H3;15-22,24-25H,3-12,23H2,1-2H3. The molecule has 0 atom stereocenters. The van der Waals surface area contributed by atoms with Gasteiger partial charge in [0.1, 0.15) is 11.5 Å². The van der Waals surface area contributed by atoms with E-state index in [0.717, 1.165) is 60.5 Å². The molecule has 4 aromatic rings. The lowest BCUT2D eigenvalue weighted by atomic mass is 9.80. The summed E-state index contributed by atoms with van der Waals surface area (Å²) >= 11 is 0. The maximum atomic E-state index is 5.82. The smallest absolute Gasteiger partial charge is 0.119 e. The molecule has 2 saturated carbocycles. The summed E-state index contributed by atoms with van der Waals surface area (Å²) in [7, 11) is 0. The summed E-state index contributed by atoms with van der Waals surface area (Å²) in [6, 6.07) is 34.3. The molecule has 0 spiro atoms. The largest absolute Gasteiger partial charge is 0.494 e. The first-order valence-electron chi connectivity index (χ1n) is 24.8. The highest BCUT2D eigenvalue weighted by Gasteiger charge is 2.20. The summed E-state index contributed by atoms with van der Waals surface area (Å²) in [4.78, 5) is 0. The lowest BCUT2D eigenvalue weighted by Gasteiger charge is -2.25. The van der Waals surface area contributed by atoms with Crippen LogP contribution in [0.15, 0.2) is 97.1 Å². The van der Waals surface area contributed by atoms with E-state index in [4.69, 9.17) is 9.47 Å². The summed E-state index contributed by atoms with van der Waals surface area (Å²) in [6.45, 7) is 10.6. The van der Waals surface area contributed by atoms with Crippen molar-refractivity contribution in [2.45, 2.75) is 163 Å². The van der Waals surface area contributed by atoms with Crippen molar-refractivity contribution >= 4 is 0 Å². The Morgan fingerprint density at radius 2 is 0.705 bits per heavy atom. The average molecular weight is 819 g/mol. The molecular formula is C59H78O2. The molecule has 0 saturated heterocycles. The van der Waals surface area contributed by atoms with Crippen LogP contribution >= 0.6 is 0 Å². The SMILES string of the molecule is CCCCCOc1ccc(-c2ccc(C#CC3CCC(CCCC)CC3)cc2)cc1.CCCCCOc1ccc(-c2ccc(C#CC3CCC(CCCCC)CC3)cc2)cc1. The van der Waals surface area contributed by atoms with Crippen LogP contribution in [0.3, 0.4) is 0 Å². The van der Waals surface area contributed by atoms with E-state index in [9.17, 15) is 0 Å². The second-order valence-corrected chi connectivity index (χ2v) is 17.9. The molecule has 61 heavy (non-hydrogen) atoms. The number of hydrogen-bond donors (Lipinski definition) is 0. The Labute approximate surface area is 373 Å². The molecule has 0 radical (unpaired) electrons. The van der Waals surface area contributed by atoms with Crippen molar-refractivity contribution in [2.24, 2.45) is 23.7 Å². The van der Waals surface area contributed by atoms with Gasteiger partial charge in [0.25, 0.3) is 0 Å². The van der Waals surface area contributed by atoms with Crippen LogP contribution in [0.4, 0.5) is 0 Å². The van der Waals surface area contributed by atoms with Gasteiger partial charge in [-0.1, -0.05) is 171 Å². The molecule has 0 aliphatic heterocycles. The molecule has 2 nitrogen and oxygen atoms in total. The Morgan fingerprint density at radius 1 is 0.377 bits per heavy atom. The van der Waals surface area contributed by atoms with Crippen LogP contribution in [0.2, 0.25) is 0 Å². The average Bonchev–Trinajstić information content (AvgIpc) is 3.31. The van der Waals surface area contributed by atoms with Crippen LogP contribution in [0.5, 0.6) is 11.5 Å². The van der Waals surface area contributed by atoms with Crippen LogP contribution in [0.25, 0.3) is 22.3 Å².